The topological polar surface area (TPSA) is 254 Å². The molecule has 0 aromatic carbocycles. The second-order valence-electron chi connectivity index (χ2n) is 13.8. The van der Waals surface area contributed by atoms with Crippen LogP contribution >= 0.6 is 22.7 Å². The van der Waals surface area contributed by atoms with E-state index in [2.05, 4.69) is 45.4 Å². The molecule has 0 fully saturated rings. The van der Waals surface area contributed by atoms with Crippen LogP contribution in [0.4, 0.5) is 0 Å². The first-order valence-corrected chi connectivity index (χ1v) is 19.7. The Morgan fingerprint density at radius 2 is 1.11 bits per heavy atom. The molecule has 2 aromatic rings. The number of hydrogen-bond acceptors (Lipinski definition) is 13. The average molecular weight is 825 g/mol. The Morgan fingerprint density at radius 1 is 0.732 bits per heavy atom. The summed E-state index contributed by atoms with van der Waals surface area (Å²) in [6, 6.07) is -1.97. The van der Waals surface area contributed by atoms with Crippen LogP contribution < -0.4 is 10.6 Å². The van der Waals surface area contributed by atoms with Gasteiger partial charge in [0.25, 0.3) is 0 Å². The van der Waals surface area contributed by atoms with Crippen LogP contribution in [0.15, 0.2) is 21.0 Å². The van der Waals surface area contributed by atoms with Crippen molar-refractivity contribution in [2.75, 3.05) is 14.2 Å². The fraction of sp³-hybridized carbons (Fsp3) is 0.730. The van der Waals surface area contributed by atoms with Gasteiger partial charge in [-0.2, -0.15) is 0 Å². The predicted octanol–water partition coefficient (Wildman–Crippen LogP) is 8.78. The zero-order valence-electron chi connectivity index (χ0n) is 33.0. The van der Waals surface area contributed by atoms with Gasteiger partial charge in [0, 0.05) is 45.0 Å². The lowest BCUT2D eigenvalue weighted by Gasteiger charge is -2.27. The smallest absolute Gasteiger partial charge is 0.357 e. The molecule has 17 nitrogen and oxygen atoms in total. The number of amides is 2. The van der Waals surface area contributed by atoms with E-state index in [1.165, 1.54) is 30.9 Å². The van der Waals surface area contributed by atoms with Crippen LogP contribution in [0, 0.1) is 23.7 Å². The fourth-order valence-electron chi connectivity index (χ4n) is 5.11. The molecule has 0 saturated carbocycles. The highest BCUT2D eigenvalue weighted by atomic mass is 32.1. The van der Waals surface area contributed by atoms with Gasteiger partial charge < -0.3 is 25.2 Å². The lowest BCUT2D eigenvalue weighted by Crippen LogP contribution is -2.45. The highest BCUT2D eigenvalue weighted by Crippen LogP contribution is 2.28. The number of nitrogens with zero attached hydrogens (tertiary/aromatic N) is 8. The van der Waals surface area contributed by atoms with Gasteiger partial charge in [-0.1, -0.05) is 100 Å². The molecule has 2 aromatic heterocycles. The summed E-state index contributed by atoms with van der Waals surface area (Å²) in [7, 11) is 2.59. The molecule has 2 heterocycles. The molecular formula is C37H64N10O7S2. The van der Waals surface area contributed by atoms with Crippen molar-refractivity contribution in [3.63, 3.8) is 0 Å². The summed E-state index contributed by atoms with van der Waals surface area (Å²) >= 11 is 2.56. The number of methoxy groups -OCH3 is 2. The Bertz CT molecular complexity index is 1490. The monoisotopic (exact) mass is 824 g/mol. The standard InChI is InChI=1S/C18H29N5O3S.C17H27N5O4S.2CH4/c1-7-11(4)15(22-23-19)16(24)20-13(10(2)3)8-12(5)17-21-14(9-27-17)18(25)26-6;1-6-10(4)14(21-22-18)15(24)19-11(9(2)3)7-13(23)16-20-12(8-27-16)17(25)26-5;;/h9-13,15H,7-8H2,1-6H3,(H,20,24);8-11,13-14,23H,6-7H2,1-5H3,(H,19,24);2*1H4/t11-,12+,13?,15?;10-,11+,13+,14?;;/m00../s1. The van der Waals surface area contributed by atoms with Gasteiger partial charge in [-0.25, -0.2) is 19.6 Å². The number of carbonyl (C=O) groups excluding carboxylic acids is 4. The third kappa shape index (κ3) is 16.8. The molecule has 2 amide bonds. The van der Waals surface area contributed by atoms with Gasteiger partial charge in [-0.05, 0) is 41.2 Å². The van der Waals surface area contributed by atoms with Crippen LogP contribution in [0.1, 0.15) is 146 Å². The van der Waals surface area contributed by atoms with Crippen LogP contribution in [0.3, 0.4) is 0 Å². The second-order valence-corrected chi connectivity index (χ2v) is 15.6. The molecule has 3 N–H and O–H groups in total. The number of nitrogens with one attached hydrogen (secondary N) is 2. The first-order valence-electron chi connectivity index (χ1n) is 17.9. The van der Waals surface area contributed by atoms with E-state index in [0.717, 1.165) is 22.8 Å². The molecule has 0 aliphatic rings. The van der Waals surface area contributed by atoms with Crippen LogP contribution in [0.25, 0.3) is 20.9 Å². The van der Waals surface area contributed by atoms with E-state index in [4.69, 9.17) is 15.8 Å². The number of ether oxygens (including phenoxy) is 2. The van der Waals surface area contributed by atoms with Gasteiger partial charge in [-0.3, -0.25) is 9.59 Å². The van der Waals surface area contributed by atoms with Crippen molar-refractivity contribution in [1.29, 1.82) is 0 Å². The third-order valence-corrected chi connectivity index (χ3v) is 11.2. The molecule has 2 rings (SSSR count). The van der Waals surface area contributed by atoms with E-state index >= 15 is 0 Å². The summed E-state index contributed by atoms with van der Waals surface area (Å²) in [5.74, 6) is -1.47. The Kier molecular flexibility index (Phi) is 26.3. The van der Waals surface area contributed by atoms with E-state index in [1.807, 2.05) is 62.3 Å². The lowest BCUT2D eigenvalue weighted by atomic mass is 9.92. The van der Waals surface area contributed by atoms with Crippen LogP contribution in [0.5, 0.6) is 0 Å². The molecule has 8 atom stereocenters. The predicted molar refractivity (Wildman–Crippen MR) is 221 cm³/mol. The first kappa shape index (κ1) is 53.8. The van der Waals surface area contributed by atoms with E-state index in [0.29, 0.717) is 23.5 Å². The summed E-state index contributed by atoms with van der Waals surface area (Å²) in [6.07, 6.45) is 1.39. The molecule has 0 aliphatic carbocycles. The van der Waals surface area contributed by atoms with Gasteiger partial charge in [0.2, 0.25) is 11.8 Å². The second kappa shape index (κ2) is 27.3. The summed E-state index contributed by atoms with van der Waals surface area (Å²) in [5, 5.41) is 28.1. The van der Waals surface area contributed by atoms with Crippen molar-refractivity contribution in [2.45, 2.75) is 139 Å². The van der Waals surface area contributed by atoms with Crippen molar-refractivity contribution in [3.8, 4) is 0 Å². The molecule has 0 radical (unpaired) electrons. The van der Waals surface area contributed by atoms with E-state index in [9.17, 15) is 24.3 Å². The number of aliphatic hydroxyl groups is 1. The van der Waals surface area contributed by atoms with Crippen LogP contribution in [-0.2, 0) is 19.1 Å². The Morgan fingerprint density at radius 3 is 1.46 bits per heavy atom. The van der Waals surface area contributed by atoms with E-state index in [-0.39, 0.29) is 80.5 Å². The fourth-order valence-corrected chi connectivity index (χ4v) is 6.76. The zero-order valence-corrected chi connectivity index (χ0v) is 34.7. The highest BCUT2D eigenvalue weighted by Gasteiger charge is 2.30. The number of aromatic nitrogens is 2. The maximum absolute atomic E-state index is 12.6. The average Bonchev–Trinajstić information content (AvgIpc) is 3.86. The molecule has 56 heavy (non-hydrogen) atoms. The molecule has 0 bridgehead atoms. The summed E-state index contributed by atoms with van der Waals surface area (Å²) in [4.78, 5) is 62.3. The number of esters is 2. The van der Waals surface area contributed by atoms with Crippen LogP contribution in [0.2, 0.25) is 0 Å². The molecule has 0 spiro atoms. The number of aliphatic hydroxyl groups excluding tert-OH is 1. The Hall–Kier alpha value is -4.28. The van der Waals surface area contributed by atoms with Crippen molar-refractivity contribution in [2.24, 2.45) is 33.9 Å². The van der Waals surface area contributed by atoms with Gasteiger partial charge in [0.05, 0.1) is 19.2 Å². The number of rotatable bonds is 20. The van der Waals surface area contributed by atoms with Crippen molar-refractivity contribution < 1.29 is 33.8 Å². The molecule has 0 saturated heterocycles. The zero-order chi connectivity index (χ0) is 41.1. The van der Waals surface area contributed by atoms with Gasteiger partial charge in [0.15, 0.2) is 11.4 Å². The summed E-state index contributed by atoms with van der Waals surface area (Å²) in [5.41, 5.74) is 17.9. The number of carbonyl (C=O) groups is 4. The molecular weight excluding hydrogens is 761 g/mol. The highest BCUT2D eigenvalue weighted by molar-refractivity contribution is 7.10. The maximum atomic E-state index is 12.6. The quantitative estimate of drug-likeness (QED) is 0.0498. The summed E-state index contributed by atoms with van der Waals surface area (Å²) < 4.78 is 9.30. The van der Waals surface area contributed by atoms with Crippen molar-refractivity contribution in [1.82, 2.24) is 20.6 Å². The van der Waals surface area contributed by atoms with E-state index < -0.39 is 30.1 Å². The largest absolute Gasteiger partial charge is 0.464 e. The van der Waals surface area contributed by atoms with Gasteiger partial charge >= 0.3 is 11.9 Å². The SMILES string of the molecule is C.C.CC[C@H](C)C(N=[N+]=[N-])C(=O)NC(C[C@@H](C)c1nc(C(=O)OC)cs1)C(C)C.CC[C@H](C)C(N=[N+]=[N-])C(=O)N[C@H](C[C@@H](O)c1nc(C(=O)OC)cs1)C(C)C. The first-order chi connectivity index (χ1) is 25.5. The minimum atomic E-state index is -0.942. The third-order valence-electron chi connectivity index (χ3n) is 9.14. The Balaban J connectivity index is 0. The number of hydrogen-bond donors (Lipinski definition) is 3. The minimum Gasteiger partial charge on any atom is -0.464 e. The molecule has 316 valence electrons. The molecule has 0 aliphatic heterocycles. The molecule has 19 heteroatoms. The maximum Gasteiger partial charge on any atom is 0.357 e. The Labute approximate surface area is 340 Å². The minimum absolute atomic E-state index is 0. The molecule has 3 unspecified atom stereocenters. The number of azide groups is 2. The van der Waals surface area contributed by atoms with Crippen molar-refractivity contribution in [3.05, 3.63) is 53.0 Å². The van der Waals surface area contributed by atoms with Crippen molar-refractivity contribution >= 4 is 46.4 Å². The summed E-state index contributed by atoms with van der Waals surface area (Å²) in [6.45, 7) is 17.6. The van der Waals surface area contributed by atoms with Gasteiger partial charge in [0.1, 0.15) is 23.2 Å². The normalized spacial score (nSPS) is 14.8. The number of thiazole rings is 2. The lowest BCUT2D eigenvalue weighted by molar-refractivity contribution is -0.125. The van der Waals surface area contributed by atoms with Crippen LogP contribution in [-0.4, -0.2) is 77.2 Å². The van der Waals surface area contributed by atoms with Gasteiger partial charge in [-0.15, -0.1) is 22.7 Å². The van der Waals surface area contributed by atoms with E-state index in [1.54, 1.807) is 5.38 Å².